The standard InChI is InChI=1S/C16H18O4S/c1-3-4-13-9-14(15(21-13)16(17)18)20-10-11-5-7-12(19-2)8-6-11/h5-9H,3-4,10H2,1-2H3,(H,17,18). The molecule has 5 heteroatoms. The van der Waals surface area contributed by atoms with Gasteiger partial charge in [0.2, 0.25) is 0 Å². The molecule has 0 fully saturated rings. The molecule has 0 bridgehead atoms. The lowest BCUT2D eigenvalue weighted by Crippen LogP contribution is -2.00. The molecule has 112 valence electrons. The maximum atomic E-state index is 11.2. The van der Waals surface area contributed by atoms with Crippen molar-refractivity contribution in [2.75, 3.05) is 7.11 Å². The van der Waals surface area contributed by atoms with E-state index in [0.717, 1.165) is 29.0 Å². The Morgan fingerprint density at radius 1 is 1.29 bits per heavy atom. The molecule has 1 N–H and O–H groups in total. The topological polar surface area (TPSA) is 55.8 Å². The molecule has 0 unspecified atom stereocenters. The van der Waals surface area contributed by atoms with Gasteiger partial charge in [-0.3, -0.25) is 0 Å². The average Bonchev–Trinajstić information content (AvgIpc) is 2.89. The average molecular weight is 306 g/mol. The van der Waals surface area contributed by atoms with Crippen LogP contribution in [0.5, 0.6) is 11.5 Å². The molecule has 0 atom stereocenters. The fraction of sp³-hybridized carbons (Fsp3) is 0.312. The summed E-state index contributed by atoms with van der Waals surface area (Å²) in [6.07, 6.45) is 1.86. The number of thiophene rings is 1. The number of carbonyl (C=O) groups is 1. The van der Waals surface area contributed by atoms with E-state index in [0.29, 0.717) is 12.4 Å². The minimum Gasteiger partial charge on any atom is -0.497 e. The first kappa shape index (κ1) is 15.4. The van der Waals surface area contributed by atoms with Crippen molar-refractivity contribution < 1.29 is 19.4 Å². The second-order valence-corrected chi connectivity index (χ2v) is 5.73. The van der Waals surface area contributed by atoms with E-state index in [1.807, 2.05) is 30.3 Å². The second kappa shape index (κ2) is 7.13. The number of hydrogen-bond acceptors (Lipinski definition) is 4. The minimum atomic E-state index is -0.938. The lowest BCUT2D eigenvalue weighted by Gasteiger charge is -2.06. The number of methoxy groups -OCH3 is 1. The third kappa shape index (κ3) is 3.98. The maximum absolute atomic E-state index is 11.2. The number of ether oxygens (including phenoxy) is 2. The summed E-state index contributed by atoms with van der Waals surface area (Å²) in [7, 11) is 1.62. The van der Waals surface area contributed by atoms with Gasteiger partial charge in [0.05, 0.1) is 7.11 Å². The number of benzene rings is 1. The summed E-state index contributed by atoms with van der Waals surface area (Å²) in [4.78, 5) is 12.6. The Bertz CT molecular complexity index is 601. The quantitative estimate of drug-likeness (QED) is 0.840. The van der Waals surface area contributed by atoms with E-state index < -0.39 is 5.97 Å². The van der Waals surface area contributed by atoms with E-state index in [4.69, 9.17) is 9.47 Å². The number of aromatic carboxylic acids is 1. The van der Waals surface area contributed by atoms with Crippen molar-refractivity contribution in [2.24, 2.45) is 0 Å². The van der Waals surface area contributed by atoms with Crippen LogP contribution in [0.2, 0.25) is 0 Å². The van der Waals surface area contributed by atoms with Crippen LogP contribution in [-0.4, -0.2) is 18.2 Å². The molecule has 0 radical (unpaired) electrons. The summed E-state index contributed by atoms with van der Waals surface area (Å²) >= 11 is 1.29. The Balaban J connectivity index is 2.08. The first-order valence-corrected chi connectivity index (χ1v) is 7.57. The Kier molecular flexibility index (Phi) is 5.22. The summed E-state index contributed by atoms with van der Waals surface area (Å²) in [6.45, 7) is 2.41. The summed E-state index contributed by atoms with van der Waals surface area (Å²) < 4.78 is 10.8. The summed E-state index contributed by atoms with van der Waals surface area (Å²) in [6, 6.07) is 9.35. The van der Waals surface area contributed by atoms with E-state index >= 15 is 0 Å². The van der Waals surface area contributed by atoms with Crippen LogP contribution in [0.15, 0.2) is 30.3 Å². The molecule has 0 saturated heterocycles. The third-order valence-corrected chi connectivity index (χ3v) is 4.16. The predicted octanol–water partition coefficient (Wildman–Crippen LogP) is 3.99. The molecule has 0 amide bonds. The van der Waals surface area contributed by atoms with Gasteiger partial charge in [-0.05, 0) is 30.2 Å². The smallest absolute Gasteiger partial charge is 0.349 e. The van der Waals surface area contributed by atoms with Crippen molar-refractivity contribution in [3.63, 3.8) is 0 Å². The number of carboxylic acids is 1. The zero-order chi connectivity index (χ0) is 15.2. The molecule has 0 aliphatic rings. The van der Waals surface area contributed by atoms with Crippen molar-refractivity contribution in [3.8, 4) is 11.5 Å². The number of aryl methyl sites for hydroxylation is 1. The van der Waals surface area contributed by atoms with Gasteiger partial charge in [0.1, 0.15) is 18.1 Å². The molecule has 0 saturated carbocycles. The zero-order valence-corrected chi connectivity index (χ0v) is 12.9. The van der Waals surface area contributed by atoms with Crippen molar-refractivity contribution in [3.05, 3.63) is 45.6 Å². The van der Waals surface area contributed by atoms with Gasteiger partial charge in [-0.25, -0.2) is 4.79 Å². The summed E-state index contributed by atoms with van der Waals surface area (Å²) in [5.74, 6) is 0.296. The van der Waals surface area contributed by atoms with Crippen molar-refractivity contribution in [1.29, 1.82) is 0 Å². The van der Waals surface area contributed by atoms with Gasteiger partial charge < -0.3 is 14.6 Å². The molecule has 1 aromatic heterocycles. The van der Waals surface area contributed by atoms with Crippen molar-refractivity contribution in [2.45, 2.75) is 26.4 Å². The van der Waals surface area contributed by atoms with Gasteiger partial charge in [-0.1, -0.05) is 25.5 Å². The highest BCUT2D eigenvalue weighted by Gasteiger charge is 2.16. The van der Waals surface area contributed by atoms with Crippen LogP contribution in [0.1, 0.15) is 33.5 Å². The Morgan fingerprint density at radius 3 is 2.57 bits per heavy atom. The van der Waals surface area contributed by atoms with E-state index in [-0.39, 0.29) is 4.88 Å². The fourth-order valence-corrected chi connectivity index (χ4v) is 2.97. The van der Waals surface area contributed by atoms with Gasteiger partial charge in [0.25, 0.3) is 0 Å². The highest BCUT2D eigenvalue weighted by atomic mass is 32.1. The second-order valence-electron chi connectivity index (χ2n) is 4.60. The Morgan fingerprint density at radius 2 is 2.00 bits per heavy atom. The van der Waals surface area contributed by atoms with Crippen LogP contribution in [0.4, 0.5) is 0 Å². The largest absolute Gasteiger partial charge is 0.497 e. The van der Waals surface area contributed by atoms with Crippen LogP contribution < -0.4 is 9.47 Å². The van der Waals surface area contributed by atoms with Crippen molar-refractivity contribution in [1.82, 2.24) is 0 Å². The fourth-order valence-electron chi connectivity index (χ4n) is 1.93. The van der Waals surface area contributed by atoms with Crippen LogP contribution in [0.25, 0.3) is 0 Å². The molecule has 4 nitrogen and oxygen atoms in total. The summed E-state index contributed by atoms with van der Waals surface area (Å²) in [5, 5.41) is 9.23. The third-order valence-electron chi connectivity index (χ3n) is 2.99. The minimum absolute atomic E-state index is 0.270. The molecule has 0 spiro atoms. The molecule has 2 aromatic rings. The number of rotatable bonds is 7. The Hall–Kier alpha value is -2.01. The van der Waals surface area contributed by atoms with E-state index in [9.17, 15) is 9.90 Å². The molecule has 0 aliphatic carbocycles. The molecule has 0 aliphatic heterocycles. The van der Waals surface area contributed by atoms with Gasteiger partial charge in [-0.15, -0.1) is 11.3 Å². The monoisotopic (exact) mass is 306 g/mol. The number of carboxylic acid groups (broad SMARTS) is 1. The van der Waals surface area contributed by atoms with E-state index in [2.05, 4.69) is 6.92 Å². The predicted molar refractivity (Wildman–Crippen MR) is 82.6 cm³/mol. The summed E-state index contributed by atoms with van der Waals surface area (Å²) in [5.41, 5.74) is 0.968. The van der Waals surface area contributed by atoms with Crippen molar-refractivity contribution >= 4 is 17.3 Å². The molecular formula is C16H18O4S. The zero-order valence-electron chi connectivity index (χ0n) is 12.1. The normalized spacial score (nSPS) is 10.4. The van der Waals surface area contributed by atoms with Crippen LogP contribution in [0, 0.1) is 0 Å². The molecule has 1 heterocycles. The van der Waals surface area contributed by atoms with Crippen LogP contribution in [-0.2, 0) is 13.0 Å². The highest BCUT2D eigenvalue weighted by molar-refractivity contribution is 7.14. The lowest BCUT2D eigenvalue weighted by atomic mass is 10.2. The van der Waals surface area contributed by atoms with Gasteiger partial charge >= 0.3 is 5.97 Å². The first-order valence-electron chi connectivity index (χ1n) is 6.75. The van der Waals surface area contributed by atoms with Crippen LogP contribution >= 0.6 is 11.3 Å². The van der Waals surface area contributed by atoms with Gasteiger partial charge in [0, 0.05) is 4.88 Å². The number of hydrogen-bond donors (Lipinski definition) is 1. The molecule has 2 rings (SSSR count). The maximum Gasteiger partial charge on any atom is 0.349 e. The van der Waals surface area contributed by atoms with E-state index in [1.165, 1.54) is 11.3 Å². The lowest BCUT2D eigenvalue weighted by molar-refractivity contribution is 0.0697. The van der Waals surface area contributed by atoms with Gasteiger partial charge in [0.15, 0.2) is 4.88 Å². The van der Waals surface area contributed by atoms with Crippen LogP contribution in [0.3, 0.4) is 0 Å². The van der Waals surface area contributed by atoms with E-state index in [1.54, 1.807) is 7.11 Å². The highest BCUT2D eigenvalue weighted by Crippen LogP contribution is 2.31. The molecular weight excluding hydrogens is 288 g/mol. The molecule has 1 aromatic carbocycles. The molecule has 21 heavy (non-hydrogen) atoms. The van der Waals surface area contributed by atoms with Gasteiger partial charge in [-0.2, -0.15) is 0 Å². The SMILES string of the molecule is CCCc1cc(OCc2ccc(OC)cc2)c(C(=O)O)s1. The Labute approximate surface area is 128 Å². The first-order chi connectivity index (χ1) is 10.1.